The summed E-state index contributed by atoms with van der Waals surface area (Å²) in [5, 5.41) is 9.84. The number of aromatic hydroxyl groups is 1. The average molecular weight is 222 g/mol. The number of hydrogen-bond acceptors (Lipinski definition) is 5. The molecule has 84 valence electrons. The third-order valence-electron chi connectivity index (χ3n) is 2.18. The SMILES string of the molecule is COc1c(/C=C/C=O)cc2c(c1O)OCO2. The minimum atomic E-state index is -0.122. The Bertz CT molecular complexity index is 450. The molecule has 0 saturated heterocycles. The largest absolute Gasteiger partial charge is 0.502 e. The normalized spacial score (nSPS) is 13.1. The van der Waals surface area contributed by atoms with Gasteiger partial charge in [0.05, 0.1) is 7.11 Å². The summed E-state index contributed by atoms with van der Waals surface area (Å²) >= 11 is 0. The Kier molecular flexibility index (Phi) is 2.68. The molecule has 1 aliphatic rings. The van der Waals surface area contributed by atoms with Crippen LogP contribution >= 0.6 is 0 Å². The van der Waals surface area contributed by atoms with E-state index in [9.17, 15) is 9.90 Å². The molecule has 0 fully saturated rings. The molecule has 1 N–H and O–H groups in total. The maximum absolute atomic E-state index is 10.3. The molecular formula is C11H10O5. The second-order valence-electron chi connectivity index (χ2n) is 3.08. The monoisotopic (exact) mass is 222 g/mol. The van der Waals surface area contributed by atoms with E-state index >= 15 is 0 Å². The van der Waals surface area contributed by atoms with Crippen LogP contribution in [0.5, 0.6) is 23.0 Å². The highest BCUT2D eigenvalue weighted by Crippen LogP contribution is 2.48. The van der Waals surface area contributed by atoms with E-state index in [2.05, 4.69) is 0 Å². The summed E-state index contributed by atoms with van der Waals surface area (Å²) in [7, 11) is 1.43. The molecule has 1 aromatic rings. The van der Waals surface area contributed by atoms with E-state index in [4.69, 9.17) is 14.2 Å². The van der Waals surface area contributed by atoms with E-state index < -0.39 is 0 Å². The van der Waals surface area contributed by atoms with Gasteiger partial charge in [-0.2, -0.15) is 0 Å². The number of fused-ring (bicyclic) bond motifs is 1. The van der Waals surface area contributed by atoms with Gasteiger partial charge in [-0.05, 0) is 18.2 Å². The van der Waals surface area contributed by atoms with Crippen LogP contribution in [0, 0.1) is 0 Å². The molecule has 16 heavy (non-hydrogen) atoms. The lowest BCUT2D eigenvalue weighted by atomic mass is 10.1. The Morgan fingerprint density at radius 1 is 1.50 bits per heavy atom. The summed E-state index contributed by atoms with van der Waals surface area (Å²) in [5.41, 5.74) is 0.552. The summed E-state index contributed by atoms with van der Waals surface area (Å²) in [6.45, 7) is 0.0624. The third kappa shape index (κ3) is 1.56. The first-order chi connectivity index (χ1) is 7.77. The fourth-order valence-electron chi connectivity index (χ4n) is 1.51. The second-order valence-corrected chi connectivity index (χ2v) is 3.08. The van der Waals surface area contributed by atoms with Crippen LogP contribution in [0.25, 0.3) is 6.08 Å². The molecule has 0 amide bonds. The zero-order valence-corrected chi connectivity index (χ0v) is 8.60. The first-order valence-corrected chi connectivity index (χ1v) is 4.59. The quantitative estimate of drug-likeness (QED) is 0.617. The molecule has 5 heteroatoms. The van der Waals surface area contributed by atoms with Crippen LogP contribution in [0.15, 0.2) is 12.1 Å². The maximum atomic E-state index is 10.3. The number of phenols is 1. The Morgan fingerprint density at radius 3 is 3.00 bits per heavy atom. The molecule has 5 nitrogen and oxygen atoms in total. The van der Waals surface area contributed by atoms with E-state index in [1.807, 2.05) is 0 Å². The van der Waals surface area contributed by atoms with Crippen LogP contribution < -0.4 is 14.2 Å². The molecule has 1 aromatic carbocycles. The van der Waals surface area contributed by atoms with Crippen molar-refractivity contribution in [1.29, 1.82) is 0 Å². The number of aldehydes is 1. The van der Waals surface area contributed by atoms with Gasteiger partial charge in [0.25, 0.3) is 0 Å². The van der Waals surface area contributed by atoms with E-state index in [-0.39, 0.29) is 24.0 Å². The summed E-state index contributed by atoms with van der Waals surface area (Å²) in [4.78, 5) is 10.3. The lowest BCUT2D eigenvalue weighted by molar-refractivity contribution is -0.104. The number of hydrogen-bond donors (Lipinski definition) is 1. The number of benzene rings is 1. The predicted molar refractivity (Wildman–Crippen MR) is 55.9 cm³/mol. The number of allylic oxidation sites excluding steroid dienone is 1. The average Bonchev–Trinajstić information content (AvgIpc) is 2.75. The van der Waals surface area contributed by atoms with Crippen LogP contribution in [0.3, 0.4) is 0 Å². The lowest BCUT2D eigenvalue weighted by Gasteiger charge is -2.09. The van der Waals surface area contributed by atoms with Crippen LogP contribution in [0.1, 0.15) is 5.56 Å². The molecule has 0 unspecified atom stereocenters. The van der Waals surface area contributed by atoms with Crippen LogP contribution in [0.2, 0.25) is 0 Å². The summed E-state index contributed by atoms with van der Waals surface area (Å²) in [6, 6.07) is 1.64. The van der Waals surface area contributed by atoms with Gasteiger partial charge in [-0.1, -0.05) is 0 Å². The third-order valence-corrected chi connectivity index (χ3v) is 2.18. The highest BCUT2D eigenvalue weighted by Gasteiger charge is 2.23. The highest BCUT2D eigenvalue weighted by molar-refractivity contribution is 5.78. The van der Waals surface area contributed by atoms with Crippen molar-refractivity contribution in [3.05, 3.63) is 17.7 Å². The molecule has 0 aromatic heterocycles. The van der Waals surface area contributed by atoms with E-state index in [1.165, 1.54) is 19.3 Å². The molecule has 0 radical (unpaired) electrons. The topological polar surface area (TPSA) is 65.0 Å². The van der Waals surface area contributed by atoms with Crippen molar-refractivity contribution in [2.75, 3.05) is 13.9 Å². The van der Waals surface area contributed by atoms with E-state index in [0.717, 1.165) is 0 Å². The molecule has 0 aliphatic carbocycles. The van der Waals surface area contributed by atoms with Gasteiger partial charge in [0, 0.05) is 5.56 Å². The first kappa shape index (κ1) is 10.4. The van der Waals surface area contributed by atoms with Gasteiger partial charge in [-0.3, -0.25) is 4.79 Å². The van der Waals surface area contributed by atoms with E-state index in [0.29, 0.717) is 17.6 Å². The molecule has 2 rings (SSSR count). The Morgan fingerprint density at radius 2 is 2.31 bits per heavy atom. The van der Waals surface area contributed by atoms with Crippen molar-refractivity contribution in [2.45, 2.75) is 0 Å². The molecule has 0 saturated carbocycles. The highest BCUT2D eigenvalue weighted by atomic mass is 16.7. The van der Waals surface area contributed by atoms with Crippen molar-refractivity contribution in [3.8, 4) is 23.0 Å². The van der Waals surface area contributed by atoms with Crippen molar-refractivity contribution >= 4 is 12.4 Å². The van der Waals surface area contributed by atoms with Gasteiger partial charge in [0.15, 0.2) is 11.5 Å². The molecule has 0 atom stereocenters. The Labute approximate surface area is 91.9 Å². The number of rotatable bonds is 3. The van der Waals surface area contributed by atoms with Crippen molar-refractivity contribution in [2.24, 2.45) is 0 Å². The van der Waals surface area contributed by atoms with Crippen molar-refractivity contribution in [1.82, 2.24) is 0 Å². The van der Waals surface area contributed by atoms with Crippen LogP contribution in [-0.4, -0.2) is 25.3 Å². The van der Waals surface area contributed by atoms with Gasteiger partial charge < -0.3 is 19.3 Å². The Balaban J connectivity index is 2.56. The molecular weight excluding hydrogens is 212 g/mol. The number of phenolic OH excluding ortho intramolecular Hbond substituents is 1. The molecule has 0 spiro atoms. The van der Waals surface area contributed by atoms with Gasteiger partial charge in [-0.25, -0.2) is 0 Å². The Hall–Kier alpha value is -2.17. The van der Waals surface area contributed by atoms with E-state index in [1.54, 1.807) is 6.07 Å². The maximum Gasteiger partial charge on any atom is 0.231 e. The summed E-state index contributed by atoms with van der Waals surface area (Å²) in [5.74, 6) is 0.828. The fraction of sp³-hybridized carbons (Fsp3) is 0.182. The zero-order valence-electron chi connectivity index (χ0n) is 8.60. The van der Waals surface area contributed by atoms with Crippen LogP contribution in [0.4, 0.5) is 0 Å². The minimum Gasteiger partial charge on any atom is -0.502 e. The second kappa shape index (κ2) is 4.14. The fourth-order valence-corrected chi connectivity index (χ4v) is 1.51. The standard InChI is InChI=1S/C11H10O5/c1-14-10-7(3-2-4-12)5-8-11(9(10)13)16-6-15-8/h2-5,13H,6H2,1H3/b3-2+. The summed E-state index contributed by atoms with van der Waals surface area (Å²) < 4.78 is 15.3. The number of carbonyl (C=O) groups is 1. The van der Waals surface area contributed by atoms with Gasteiger partial charge in [0.1, 0.15) is 6.29 Å². The lowest BCUT2D eigenvalue weighted by Crippen LogP contribution is -1.93. The minimum absolute atomic E-state index is 0.0624. The van der Waals surface area contributed by atoms with Crippen LogP contribution in [-0.2, 0) is 4.79 Å². The van der Waals surface area contributed by atoms with Gasteiger partial charge in [0.2, 0.25) is 18.3 Å². The van der Waals surface area contributed by atoms with Gasteiger partial charge >= 0.3 is 0 Å². The van der Waals surface area contributed by atoms with Gasteiger partial charge in [-0.15, -0.1) is 0 Å². The first-order valence-electron chi connectivity index (χ1n) is 4.59. The smallest absolute Gasteiger partial charge is 0.231 e. The number of ether oxygens (including phenoxy) is 3. The zero-order chi connectivity index (χ0) is 11.5. The number of methoxy groups -OCH3 is 1. The molecule has 1 aliphatic heterocycles. The molecule has 1 heterocycles. The summed E-state index contributed by atoms with van der Waals surface area (Å²) in [6.07, 6.45) is 3.47. The van der Waals surface area contributed by atoms with Crippen molar-refractivity contribution in [3.63, 3.8) is 0 Å². The van der Waals surface area contributed by atoms with Crippen molar-refractivity contribution < 1.29 is 24.1 Å². The number of carbonyl (C=O) groups excluding carboxylic acids is 1. The predicted octanol–water partition coefficient (Wildman–Crippen LogP) is 1.34. The molecule has 0 bridgehead atoms.